The standard InChI is InChI=1S/C31H33F3N6O2/c1-3-42-29-25(5-4-13-36-29)26-8-6-24(19-37-26)30(38-28(41)21-10-14-39(2)20-21)11-15-40(16-12-30)27-9-7-23(31(32,33)34)17-22(27)18-35/h4-9,13,17,19,21H,3,10-12,14-16,20H2,1-2H3,(H,38,41)/t21-/m1/s1. The molecule has 11 heteroatoms. The summed E-state index contributed by atoms with van der Waals surface area (Å²) in [5.41, 5.74) is 1.15. The number of nitrogens with one attached hydrogen (secondary N) is 1. The van der Waals surface area contributed by atoms with E-state index in [1.165, 1.54) is 6.07 Å². The van der Waals surface area contributed by atoms with Crippen molar-refractivity contribution in [3.8, 4) is 23.2 Å². The second kappa shape index (κ2) is 12.0. The Hall–Kier alpha value is -4.17. The molecule has 3 aromatic rings. The van der Waals surface area contributed by atoms with Gasteiger partial charge in [-0.3, -0.25) is 9.78 Å². The minimum atomic E-state index is -4.53. The fourth-order valence-corrected chi connectivity index (χ4v) is 5.85. The smallest absolute Gasteiger partial charge is 0.416 e. The van der Waals surface area contributed by atoms with Crippen LogP contribution >= 0.6 is 0 Å². The second-order valence-corrected chi connectivity index (χ2v) is 10.9. The van der Waals surface area contributed by atoms with E-state index in [1.54, 1.807) is 12.4 Å². The van der Waals surface area contributed by atoms with Gasteiger partial charge in [-0.2, -0.15) is 18.4 Å². The topological polar surface area (TPSA) is 94.4 Å². The minimum Gasteiger partial charge on any atom is -0.477 e. The molecule has 2 saturated heterocycles. The number of halogens is 3. The number of anilines is 1. The van der Waals surface area contributed by atoms with Gasteiger partial charge in [0.05, 0.1) is 46.1 Å². The number of carbonyl (C=O) groups is 1. The average molecular weight is 579 g/mol. The zero-order valence-corrected chi connectivity index (χ0v) is 23.6. The molecular weight excluding hydrogens is 545 g/mol. The van der Waals surface area contributed by atoms with Gasteiger partial charge in [-0.05, 0) is 81.7 Å². The van der Waals surface area contributed by atoms with Crippen molar-refractivity contribution in [1.82, 2.24) is 20.2 Å². The summed E-state index contributed by atoms with van der Waals surface area (Å²) in [6, 6.07) is 12.8. The molecule has 0 spiro atoms. The largest absolute Gasteiger partial charge is 0.477 e. The number of amides is 1. The third-order valence-electron chi connectivity index (χ3n) is 8.17. The molecule has 1 amide bonds. The van der Waals surface area contributed by atoms with Crippen LogP contribution < -0.4 is 15.0 Å². The van der Waals surface area contributed by atoms with E-state index >= 15 is 0 Å². The normalized spacial score (nSPS) is 18.9. The molecule has 5 rings (SSSR count). The highest BCUT2D eigenvalue weighted by atomic mass is 19.4. The summed E-state index contributed by atoms with van der Waals surface area (Å²) < 4.78 is 45.4. The summed E-state index contributed by atoms with van der Waals surface area (Å²) >= 11 is 0. The Morgan fingerprint density at radius 1 is 1.17 bits per heavy atom. The van der Waals surface area contributed by atoms with Gasteiger partial charge in [0.1, 0.15) is 6.07 Å². The molecule has 2 aliphatic heterocycles. The lowest BCUT2D eigenvalue weighted by atomic mass is 9.80. The van der Waals surface area contributed by atoms with Crippen LogP contribution in [0.4, 0.5) is 18.9 Å². The van der Waals surface area contributed by atoms with E-state index < -0.39 is 17.3 Å². The van der Waals surface area contributed by atoms with Gasteiger partial charge in [0, 0.05) is 32.0 Å². The van der Waals surface area contributed by atoms with E-state index in [9.17, 15) is 23.2 Å². The first-order chi connectivity index (χ1) is 20.1. The van der Waals surface area contributed by atoms with Crippen LogP contribution in [0.15, 0.2) is 54.9 Å². The molecule has 1 aromatic carbocycles. The van der Waals surface area contributed by atoms with E-state index in [-0.39, 0.29) is 17.4 Å². The summed E-state index contributed by atoms with van der Waals surface area (Å²) in [4.78, 5) is 26.6. The Balaban J connectivity index is 1.43. The number of benzene rings is 1. The van der Waals surface area contributed by atoms with Gasteiger partial charge in [-0.15, -0.1) is 0 Å². The highest BCUT2D eigenvalue weighted by Crippen LogP contribution is 2.39. The first-order valence-electron chi connectivity index (χ1n) is 14.0. The fourth-order valence-electron chi connectivity index (χ4n) is 5.85. The molecular formula is C31H33F3N6O2. The molecule has 2 fully saturated rings. The van der Waals surface area contributed by atoms with Crippen molar-refractivity contribution in [2.45, 2.75) is 37.9 Å². The maximum atomic E-state index is 13.5. The van der Waals surface area contributed by atoms with Crippen LogP contribution in [-0.4, -0.2) is 60.6 Å². The molecule has 8 nitrogen and oxygen atoms in total. The van der Waals surface area contributed by atoms with Gasteiger partial charge in [-0.1, -0.05) is 6.07 Å². The van der Waals surface area contributed by atoms with E-state index in [0.29, 0.717) is 56.3 Å². The lowest BCUT2D eigenvalue weighted by Crippen LogP contribution is -2.54. The van der Waals surface area contributed by atoms with Crippen molar-refractivity contribution >= 4 is 11.6 Å². The van der Waals surface area contributed by atoms with Crippen LogP contribution in [0.3, 0.4) is 0 Å². The molecule has 2 aromatic heterocycles. The molecule has 0 unspecified atom stereocenters. The predicted octanol–water partition coefficient (Wildman–Crippen LogP) is 5.00. The van der Waals surface area contributed by atoms with Crippen LogP contribution in [0.25, 0.3) is 11.3 Å². The van der Waals surface area contributed by atoms with E-state index in [0.717, 1.165) is 36.2 Å². The molecule has 1 atom stereocenters. The minimum absolute atomic E-state index is 0.0185. The second-order valence-electron chi connectivity index (χ2n) is 10.9. The third kappa shape index (κ3) is 6.04. The first-order valence-corrected chi connectivity index (χ1v) is 14.0. The van der Waals surface area contributed by atoms with Gasteiger partial charge in [-0.25, -0.2) is 4.98 Å². The van der Waals surface area contributed by atoms with Gasteiger partial charge in [0.15, 0.2) is 0 Å². The maximum Gasteiger partial charge on any atom is 0.416 e. The Morgan fingerprint density at radius 3 is 2.57 bits per heavy atom. The van der Waals surface area contributed by atoms with Crippen molar-refractivity contribution in [3.63, 3.8) is 0 Å². The number of carbonyl (C=O) groups excluding carboxylic acids is 1. The number of rotatable bonds is 7. The quantitative estimate of drug-likeness (QED) is 0.422. The number of alkyl halides is 3. The van der Waals surface area contributed by atoms with Crippen molar-refractivity contribution in [3.05, 3.63) is 71.5 Å². The zero-order chi connectivity index (χ0) is 29.9. The molecule has 1 N–H and O–H groups in total. The summed E-state index contributed by atoms with van der Waals surface area (Å²) in [6.07, 6.45) is 0.665. The molecule has 220 valence electrons. The average Bonchev–Trinajstić information content (AvgIpc) is 3.44. The van der Waals surface area contributed by atoms with Crippen LogP contribution in [-0.2, 0) is 16.5 Å². The van der Waals surface area contributed by atoms with E-state index in [4.69, 9.17) is 9.72 Å². The van der Waals surface area contributed by atoms with Crippen molar-refractivity contribution < 1.29 is 22.7 Å². The number of nitriles is 1. The van der Waals surface area contributed by atoms with Crippen LogP contribution in [0.5, 0.6) is 5.88 Å². The highest BCUT2D eigenvalue weighted by molar-refractivity contribution is 5.80. The summed E-state index contributed by atoms with van der Waals surface area (Å²) in [5, 5.41) is 13.0. The van der Waals surface area contributed by atoms with Crippen molar-refractivity contribution in [2.24, 2.45) is 5.92 Å². The molecule has 42 heavy (non-hydrogen) atoms. The number of nitrogens with zero attached hydrogens (tertiary/aromatic N) is 5. The van der Waals surface area contributed by atoms with Gasteiger partial charge in [0.2, 0.25) is 11.8 Å². The van der Waals surface area contributed by atoms with Crippen molar-refractivity contribution in [1.29, 1.82) is 5.26 Å². The molecule has 4 heterocycles. The fraction of sp³-hybridized carbons (Fsp3) is 0.419. The summed E-state index contributed by atoms with van der Waals surface area (Å²) in [7, 11) is 2.00. The van der Waals surface area contributed by atoms with Gasteiger partial charge in [0.25, 0.3) is 0 Å². The monoisotopic (exact) mass is 578 g/mol. The van der Waals surface area contributed by atoms with Crippen LogP contribution in [0, 0.1) is 17.2 Å². The third-order valence-corrected chi connectivity index (χ3v) is 8.17. The molecule has 0 bridgehead atoms. The Morgan fingerprint density at radius 2 is 1.95 bits per heavy atom. The number of aromatic nitrogens is 2. The van der Waals surface area contributed by atoms with Crippen LogP contribution in [0.2, 0.25) is 0 Å². The number of hydrogen-bond donors (Lipinski definition) is 1. The number of piperidine rings is 1. The molecule has 0 saturated carbocycles. The Labute approximate surface area is 243 Å². The van der Waals surface area contributed by atoms with E-state index in [1.807, 2.05) is 49.2 Å². The van der Waals surface area contributed by atoms with Gasteiger partial charge < -0.3 is 19.9 Å². The lowest BCUT2D eigenvalue weighted by molar-refractivity contribution is -0.137. The Bertz CT molecular complexity index is 1460. The number of likely N-dealkylation sites (tertiary alicyclic amines) is 1. The van der Waals surface area contributed by atoms with Gasteiger partial charge >= 0.3 is 6.18 Å². The molecule has 2 aliphatic rings. The summed E-state index contributed by atoms with van der Waals surface area (Å²) in [5.74, 6) is 0.350. The molecule has 0 aliphatic carbocycles. The lowest BCUT2D eigenvalue weighted by Gasteiger charge is -2.44. The zero-order valence-electron chi connectivity index (χ0n) is 23.6. The highest BCUT2D eigenvalue weighted by Gasteiger charge is 2.41. The SMILES string of the molecule is CCOc1ncccc1-c1ccc(C2(NC(=O)[C@@H]3CCN(C)C3)CCN(c3ccc(C(F)(F)F)cc3C#N)CC2)cn1. The van der Waals surface area contributed by atoms with Crippen LogP contribution in [0.1, 0.15) is 42.9 Å². The number of pyridine rings is 2. The predicted molar refractivity (Wildman–Crippen MR) is 152 cm³/mol. The Kier molecular flexibility index (Phi) is 8.36. The molecule has 0 radical (unpaired) electrons. The summed E-state index contributed by atoms with van der Waals surface area (Å²) in [6.45, 7) is 4.76. The van der Waals surface area contributed by atoms with Crippen molar-refractivity contribution in [2.75, 3.05) is 44.7 Å². The number of ether oxygens (including phenoxy) is 1. The first kappa shape index (κ1) is 29.3. The maximum absolute atomic E-state index is 13.5. The van der Waals surface area contributed by atoms with E-state index in [2.05, 4.69) is 15.2 Å². The number of hydrogen-bond acceptors (Lipinski definition) is 7.